The molecule has 0 aromatic heterocycles. The van der Waals surface area contributed by atoms with Gasteiger partial charge < -0.3 is 15.2 Å². The van der Waals surface area contributed by atoms with Gasteiger partial charge in [0.25, 0.3) is 0 Å². The van der Waals surface area contributed by atoms with Gasteiger partial charge in [-0.1, -0.05) is 67.8 Å². The lowest BCUT2D eigenvalue weighted by atomic mass is 9.68. The third kappa shape index (κ3) is 5.89. The predicted molar refractivity (Wildman–Crippen MR) is 171 cm³/mol. The van der Waals surface area contributed by atoms with E-state index in [1.807, 2.05) is 66.7 Å². The number of hydrogen-bond donors (Lipinski definition) is 2. The number of aromatic hydroxyl groups is 1. The van der Waals surface area contributed by atoms with Crippen molar-refractivity contribution in [2.45, 2.75) is 58.5 Å². The van der Waals surface area contributed by atoms with Crippen LogP contribution >= 0.6 is 0 Å². The summed E-state index contributed by atoms with van der Waals surface area (Å²) in [6.45, 7) is 4.81. The number of para-hydroxylation sites is 1. The zero-order chi connectivity index (χ0) is 29.9. The van der Waals surface area contributed by atoms with Crippen molar-refractivity contribution < 1.29 is 19.4 Å². The highest BCUT2D eigenvalue weighted by Crippen LogP contribution is 2.51. The Labute approximate surface area is 254 Å². The van der Waals surface area contributed by atoms with Gasteiger partial charge in [0, 0.05) is 17.3 Å². The molecule has 6 heteroatoms. The molecule has 0 saturated carbocycles. The molecule has 3 aromatic rings. The highest BCUT2D eigenvalue weighted by Gasteiger charge is 2.57. The van der Waals surface area contributed by atoms with Crippen LogP contribution < -0.4 is 10.2 Å². The highest BCUT2D eigenvalue weighted by atomic mass is 16.5. The first-order chi connectivity index (χ1) is 21.0. The molecular formula is C37H40N2O4. The SMILES string of the molecule is CCCC1=C2[C@@H](CC/C(=C/c3cccc(O)c3)CC)OC[C@@H]2[C@@H]2C(=O)N(c3ccc(Nc4ccccc4)cc3)C(=O)[C@@H]2C1. The fourth-order valence-corrected chi connectivity index (χ4v) is 7.17. The number of rotatable bonds is 10. The molecule has 0 spiro atoms. The van der Waals surface area contributed by atoms with Crippen LogP contribution in [-0.2, 0) is 14.3 Å². The molecule has 0 bridgehead atoms. The highest BCUT2D eigenvalue weighted by molar-refractivity contribution is 6.22. The Balaban J connectivity index is 1.20. The van der Waals surface area contributed by atoms with Crippen LogP contribution in [0.3, 0.4) is 0 Å². The summed E-state index contributed by atoms with van der Waals surface area (Å²) in [4.78, 5) is 29.2. The van der Waals surface area contributed by atoms with E-state index in [0.29, 0.717) is 18.7 Å². The molecule has 2 heterocycles. The summed E-state index contributed by atoms with van der Waals surface area (Å²) in [5, 5.41) is 13.2. The van der Waals surface area contributed by atoms with E-state index in [9.17, 15) is 14.7 Å². The van der Waals surface area contributed by atoms with Crippen molar-refractivity contribution >= 4 is 35.0 Å². The maximum Gasteiger partial charge on any atom is 0.238 e. The normalized spacial score (nSPS) is 23.5. The maximum absolute atomic E-state index is 14.0. The Hall–Kier alpha value is -4.16. The quantitative estimate of drug-likeness (QED) is 0.189. The van der Waals surface area contributed by atoms with Crippen molar-refractivity contribution in [2.24, 2.45) is 17.8 Å². The van der Waals surface area contributed by atoms with E-state index in [1.165, 1.54) is 21.6 Å². The molecule has 0 unspecified atom stereocenters. The molecule has 3 aromatic carbocycles. The first-order valence-electron chi connectivity index (χ1n) is 15.6. The molecule has 2 fully saturated rings. The van der Waals surface area contributed by atoms with Gasteiger partial charge in [0.2, 0.25) is 11.8 Å². The summed E-state index contributed by atoms with van der Waals surface area (Å²) in [5.74, 6) is -0.670. The second-order valence-electron chi connectivity index (χ2n) is 11.9. The Morgan fingerprint density at radius 2 is 1.72 bits per heavy atom. The van der Waals surface area contributed by atoms with Gasteiger partial charge in [0.15, 0.2) is 0 Å². The van der Waals surface area contributed by atoms with E-state index in [-0.39, 0.29) is 41.4 Å². The van der Waals surface area contributed by atoms with Crippen molar-refractivity contribution in [1.82, 2.24) is 0 Å². The number of anilines is 3. The third-order valence-electron chi connectivity index (χ3n) is 9.17. The summed E-state index contributed by atoms with van der Waals surface area (Å²) in [7, 11) is 0. The molecule has 2 saturated heterocycles. The Morgan fingerprint density at radius 3 is 2.44 bits per heavy atom. The molecule has 2 N–H and O–H groups in total. The van der Waals surface area contributed by atoms with Crippen molar-refractivity contribution in [3.63, 3.8) is 0 Å². The minimum Gasteiger partial charge on any atom is -0.508 e. The fraction of sp³-hybridized carbons (Fsp3) is 0.351. The number of amides is 2. The van der Waals surface area contributed by atoms with Gasteiger partial charge >= 0.3 is 0 Å². The van der Waals surface area contributed by atoms with Gasteiger partial charge in [-0.15, -0.1) is 0 Å². The van der Waals surface area contributed by atoms with Crippen LogP contribution in [0.4, 0.5) is 17.1 Å². The number of ether oxygens (including phenoxy) is 1. The molecular weight excluding hydrogens is 536 g/mol. The first-order valence-corrected chi connectivity index (χ1v) is 15.6. The number of nitrogens with one attached hydrogen (secondary N) is 1. The second kappa shape index (κ2) is 12.6. The lowest BCUT2D eigenvalue weighted by molar-refractivity contribution is -0.122. The third-order valence-corrected chi connectivity index (χ3v) is 9.17. The van der Waals surface area contributed by atoms with Crippen LogP contribution in [-0.4, -0.2) is 29.6 Å². The van der Waals surface area contributed by atoms with Gasteiger partial charge in [-0.2, -0.15) is 0 Å². The average Bonchev–Trinajstić information content (AvgIpc) is 3.54. The van der Waals surface area contributed by atoms with Gasteiger partial charge in [-0.05, 0) is 91.8 Å². The lowest BCUT2D eigenvalue weighted by Crippen LogP contribution is -2.34. The molecule has 1 aliphatic carbocycles. The van der Waals surface area contributed by atoms with E-state index in [0.717, 1.165) is 49.0 Å². The fourth-order valence-electron chi connectivity index (χ4n) is 7.17. The molecule has 0 radical (unpaired) electrons. The van der Waals surface area contributed by atoms with E-state index in [2.05, 4.69) is 25.2 Å². The summed E-state index contributed by atoms with van der Waals surface area (Å²) >= 11 is 0. The zero-order valence-corrected chi connectivity index (χ0v) is 25.0. The molecule has 222 valence electrons. The van der Waals surface area contributed by atoms with Gasteiger partial charge in [-0.25, -0.2) is 0 Å². The van der Waals surface area contributed by atoms with Crippen LogP contribution in [0, 0.1) is 17.8 Å². The molecule has 2 amide bonds. The zero-order valence-electron chi connectivity index (χ0n) is 25.0. The summed E-state index contributed by atoms with van der Waals surface area (Å²) in [6.07, 6.45) is 7.32. The molecule has 3 aliphatic rings. The van der Waals surface area contributed by atoms with Gasteiger partial charge in [0.1, 0.15) is 5.75 Å². The van der Waals surface area contributed by atoms with E-state index >= 15 is 0 Å². The Morgan fingerprint density at radius 1 is 0.953 bits per heavy atom. The Kier molecular flexibility index (Phi) is 8.48. The number of imide groups is 1. The molecule has 6 nitrogen and oxygen atoms in total. The lowest BCUT2D eigenvalue weighted by Gasteiger charge is -2.32. The molecule has 2 aliphatic heterocycles. The monoisotopic (exact) mass is 576 g/mol. The number of fused-ring (bicyclic) bond motifs is 3. The first kappa shape index (κ1) is 28.9. The number of allylic oxidation sites excluding steroid dienone is 2. The second-order valence-corrected chi connectivity index (χ2v) is 11.9. The number of phenolic OH excluding ortho intramolecular Hbond substituents is 1. The summed E-state index contributed by atoms with van der Waals surface area (Å²) < 4.78 is 6.43. The number of nitrogens with zero attached hydrogens (tertiary/aromatic N) is 1. The topological polar surface area (TPSA) is 78.9 Å². The van der Waals surface area contributed by atoms with Gasteiger partial charge in [-0.3, -0.25) is 14.5 Å². The van der Waals surface area contributed by atoms with Crippen molar-refractivity contribution in [3.8, 4) is 5.75 Å². The minimum absolute atomic E-state index is 0.0353. The average molecular weight is 577 g/mol. The van der Waals surface area contributed by atoms with E-state index in [1.54, 1.807) is 12.1 Å². The van der Waals surface area contributed by atoms with Crippen molar-refractivity contribution in [3.05, 3.63) is 101 Å². The predicted octanol–water partition coefficient (Wildman–Crippen LogP) is 8.03. The van der Waals surface area contributed by atoms with Crippen LogP contribution in [0.15, 0.2) is 95.6 Å². The number of carbonyl (C=O) groups excluding carboxylic acids is 2. The number of benzene rings is 3. The number of hydrogen-bond acceptors (Lipinski definition) is 5. The van der Waals surface area contributed by atoms with E-state index < -0.39 is 0 Å². The smallest absolute Gasteiger partial charge is 0.238 e. The Bertz CT molecular complexity index is 1540. The largest absolute Gasteiger partial charge is 0.508 e. The summed E-state index contributed by atoms with van der Waals surface area (Å²) in [5.41, 5.74) is 7.39. The number of phenols is 1. The minimum atomic E-state index is -0.372. The van der Waals surface area contributed by atoms with Crippen LogP contribution in [0.1, 0.15) is 57.9 Å². The molecule has 6 rings (SSSR count). The van der Waals surface area contributed by atoms with Crippen LogP contribution in [0.2, 0.25) is 0 Å². The summed E-state index contributed by atoms with van der Waals surface area (Å²) in [6, 6.07) is 24.8. The molecule has 43 heavy (non-hydrogen) atoms. The standard InChI is InChI=1S/C37H40N2O4/c1-3-9-26-22-31-35(32-23-43-33(34(26)32)19-14-24(4-2)20-25-10-8-13-30(40)21-25)37(42)39(36(31)41)29-17-15-28(16-18-29)38-27-11-6-5-7-12-27/h5-8,10-13,15-18,20-21,31-33,35,38,40H,3-4,9,14,19,22-23H2,1-2H3/b24-20+/t31-,32+,33-,35-/m1/s1. The van der Waals surface area contributed by atoms with Crippen LogP contribution in [0.5, 0.6) is 5.75 Å². The molecule has 4 atom stereocenters. The van der Waals surface area contributed by atoms with Crippen LogP contribution in [0.25, 0.3) is 6.08 Å². The van der Waals surface area contributed by atoms with E-state index in [4.69, 9.17) is 4.74 Å². The van der Waals surface area contributed by atoms with Crippen molar-refractivity contribution in [2.75, 3.05) is 16.8 Å². The number of carbonyl (C=O) groups is 2. The maximum atomic E-state index is 14.0. The van der Waals surface area contributed by atoms with Crippen molar-refractivity contribution in [1.29, 1.82) is 0 Å². The van der Waals surface area contributed by atoms with Gasteiger partial charge in [0.05, 0.1) is 30.2 Å².